The number of pyridine rings is 1. The lowest BCUT2D eigenvalue weighted by Crippen LogP contribution is -2.20. The van der Waals surface area contributed by atoms with Crippen molar-refractivity contribution in [3.8, 4) is 11.5 Å². The molecule has 0 fully saturated rings. The fourth-order valence-corrected chi connectivity index (χ4v) is 1.98. The van der Waals surface area contributed by atoms with Crippen molar-refractivity contribution >= 4 is 16.8 Å². The maximum absolute atomic E-state index is 11.5. The molecular weight excluding hydrogens is 248 g/mol. The zero-order valence-corrected chi connectivity index (χ0v) is 10.9. The van der Waals surface area contributed by atoms with Gasteiger partial charge in [0.25, 0.3) is 5.91 Å². The van der Waals surface area contributed by atoms with E-state index in [1.54, 1.807) is 30.8 Å². The van der Waals surface area contributed by atoms with Gasteiger partial charge in [-0.15, -0.1) is 0 Å². The zero-order valence-electron chi connectivity index (χ0n) is 10.9. The van der Waals surface area contributed by atoms with Crippen molar-refractivity contribution in [1.29, 1.82) is 0 Å². The summed E-state index contributed by atoms with van der Waals surface area (Å²) in [4.78, 5) is 15.7. The van der Waals surface area contributed by atoms with Crippen molar-refractivity contribution < 1.29 is 19.5 Å². The highest BCUT2D eigenvalue weighted by Crippen LogP contribution is 2.34. The number of fused-ring (bicyclic) bond motifs is 1. The average Bonchev–Trinajstić information content (AvgIpc) is 2.44. The third-order valence-corrected chi connectivity index (χ3v) is 2.86. The predicted molar refractivity (Wildman–Crippen MR) is 68.8 cm³/mol. The van der Waals surface area contributed by atoms with Crippen molar-refractivity contribution in [2.24, 2.45) is 0 Å². The highest BCUT2D eigenvalue weighted by atomic mass is 16.5. The molecule has 0 spiro atoms. The number of hydrogen-bond donors (Lipinski definition) is 2. The van der Waals surface area contributed by atoms with Crippen LogP contribution in [-0.4, -0.2) is 30.3 Å². The van der Waals surface area contributed by atoms with Gasteiger partial charge in [-0.05, 0) is 30.7 Å². The van der Waals surface area contributed by atoms with E-state index in [4.69, 9.17) is 14.7 Å². The van der Waals surface area contributed by atoms with Crippen LogP contribution in [0.1, 0.15) is 16.1 Å². The van der Waals surface area contributed by atoms with Gasteiger partial charge in [-0.25, -0.2) is 10.5 Å². The summed E-state index contributed by atoms with van der Waals surface area (Å²) in [6.07, 6.45) is 0. The Labute approximate surface area is 109 Å². The number of hydroxylamine groups is 1. The first-order valence-corrected chi connectivity index (χ1v) is 5.59. The molecule has 0 atom stereocenters. The number of ether oxygens (including phenoxy) is 2. The Morgan fingerprint density at radius 1 is 1.26 bits per heavy atom. The number of hydrogen-bond acceptors (Lipinski definition) is 5. The molecule has 2 N–H and O–H groups in total. The van der Waals surface area contributed by atoms with E-state index < -0.39 is 5.91 Å². The molecule has 6 nitrogen and oxygen atoms in total. The van der Waals surface area contributed by atoms with E-state index in [1.807, 2.05) is 6.92 Å². The van der Waals surface area contributed by atoms with Crippen LogP contribution < -0.4 is 15.0 Å². The SMILES string of the molecule is COc1ccc(OC)c2c(C)cc(C(=O)NO)nc12. The number of rotatable bonds is 3. The van der Waals surface area contributed by atoms with Crippen molar-refractivity contribution in [1.82, 2.24) is 10.5 Å². The summed E-state index contributed by atoms with van der Waals surface area (Å²) >= 11 is 0. The van der Waals surface area contributed by atoms with Gasteiger partial charge < -0.3 is 9.47 Å². The van der Waals surface area contributed by atoms with Gasteiger partial charge in [0, 0.05) is 5.39 Å². The van der Waals surface area contributed by atoms with Gasteiger partial charge in [-0.2, -0.15) is 0 Å². The Hall–Kier alpha value is -2.34. The van der Waals surface area contributed by atoms with E-state index >= 15 is 0 Å². The summed E-state index contributed by atoms with van der Waals surface area (Å²) in [7, 11) is 3.09. The van der Waals surface area contributed by atoms with Crippen LogP contribution in [0.4, 0.5) is 0 Å². The first-order valence-electron chi connectivity index (χ1n) is 5.59. The van der Waals surface area contributed by atoms with Gasteiger partial charge in [0.1, 0.15) is 22.7 Å². The van der Waals surface area contributed by atoms with Crippen molar-refractivity contribution in [2.45, 2.75) is 6.92 Å². The van der Waals surface area contributed by atoms with Gasteiger partial charge in [0.15, 0.2) is 0 Å². The molecule has 1 amide bonds. The fraction of sp³-hybridized carbons (Fsp3) is 0.231. The van der Waals surface area contributed by atoms with E-state index in [0.717, 1.165) is 10.9 Å². The smallest absolute Gasteiger partial charge is 0.293 e. The number of aromatic nitrogens is 1. The molecule has 0 saturated carbocycles. The number of benzene rings is 1. The topological polar surface area (TPSA) is 80.7 Å². The number of carbonyl (C=O) groups excluding carboxylic acids is 1. The predicted octanol–water partition coefficient (Wildman–Crippen LogP) is 1.68. The monoisotopic (exact) mass is 262 g/mol. The molecule has 0 unspecified atom stereocenters. The van der Waals surface area contributed by atoms with Gasteiger partial charge >= 0.3 is 0 Å². The maximum atomic E-state index is 11.5. The number of carbonyl (C=O) groups is 1. The largest absolute Gasteiger partial charge is 0.496 e. The van der Waals surface area contributed by atoms with Crippen LogP contribution in [0.2, 0.25) is 0 Å². The first kappa shape index (κ1) is 13.1. The van der Waals surface area contributed by atoms with Crippen LogP contribution >= 0.6 is 0 Å². The summed E-state index contributed by atoms with van der Waals surface area (Å²) in [5.74, 6) is 0.512. The van der Waals surface area contributed by atoms with E-state index in [-0.39, 0.29) is 5.69 Å². The molecule has 1 aromatic carbocycles. The Morgan fingerprint density at radius 3 is 2.47 bits per heavy atom. The lowest BCUT2D eigenvalue weighted by molar-refractivity contribution is 0.0701. The van der Waals surface area contributed by atoms with Crippen LogP contribution in [0.3, 0.4) is 0 Å². The highest BCUT2D eigenvalue weighted by Gasteiger charge is 2.15. The van der Waals surface area contributed by atoms with E-state index in [1.165, 1.54) is 7.11 Å². The number of aryl methyl sites for hydroxylation is 1. The molecule has 0 saturated heterocycles. The molecule has 0 aliphatic carbocycles. The molecule has 19 heavy (non-hydrogen) atoms. The lowest BCUT2D eigenvalue weighted by atomic mass is 10.1. The van der Waals surface area contributed by atoms with Crippen molar-refractivity contribution in [3.05, 3.63) is 29.5 Å². The second kappa shape index (κ2) is 5.11. The first-order chi connectivity index (χ1) is 9.12. The third kappa shape index (κ3) is 2.17. The average molecular weight is 262 g/mol. The molecule has 2 rings (SSSR count). The van der Waals surface area contributed by atoms with E-state index in [9.17, 15) is 4.79 Å². The molecule has 0 aliphatic rings. The summed E-state index contributed by atoms with van der Waals surface area (Å²) in [6, 6.07) is 5.08. The zero-order chi connectivity index (χ0) is 14.0. The van der Waals surface area contributed by atoms with E-state index in [0.29, 0.717) is 17.0 Å². The van der Waals surface area contributed by atoms with Crippen LogP contribution in [0.15, 0.2) is 18.2 Å². The minimum Gasteiger partial charge on any atom is -0.496 e. The molecule has 0 bridgehead atoms. The van der Waals surface area contributed by atoms with Crippen LogP contribution in [0.25, 0.3) is 10.9 Å². The Morgan fingerprint density at radius 2 is 1.89 bits per heavy atom. The number of nitrogens with one attached hydrogen (secondary N) is 1. The third-order valence-electron chi connectivity index (χ3n) is 2.86. The summed E-state index contributed by atoms with van der Waals surface area (Å²) in [5.41, 5.74) is 3.00. The molecule has 1 aromatic heterocycles. The molecule has 100 valence electrons. The minimum absolute atomic E-state index is 0.110. The molecule has 0 radical (unpaired) electrons. The molecule has 2 aromatic rings. The van der Waals surface area contributed by atoms with Crippen molar-refractivity contribution in [2.75, 3.05) is 14.2 Å². The standard InChI is InChI=1S/C13H14N2O4/c1-7-6-8(13(16)15-17)14-12-10(19-3)5-4-9(18-2)11(7)12/h4-6,17H,1-3H3,(H,15,16). The van der Waals surface area contributed by atoms with Gasteiger partial charge in [-0.1, -0.05) is 0 Å². The number of nitrogens with zero attached hydrogens (tertiary/aromatic N) is 1. The van der Waals surface area contributed by atoms with Crippen LogP contribution in [0.5, 0.6) is 11.5 Å². The number of amides is 1. The quantitative estimate of drug-likeness (QED) is 0.649. The second-order valence-electron chi connectivity index (χ2n) is 3.96. The highest BCUT2D eigenvalue weighted by molar-refractivity contribution is 5.98. The van der Waals surface area contributed by atoms with Crippen LogP contribution in [-0.2, 0) is 0 Å². The van der Waals surface area contributed by atoms with Gasteiger partial charge in [-0.3, -0.25) is 10.0 Å². The van der Waals surface area contributed by atoms with Crippen LogP contribution in [0, 0.1) is 6.92 Å². The fourth-order valence-electron chi connectivity index (χ4n) is 1.98. The maximum Gasteiger partial charge on any atom is 0.293 e. The summed E-state index contributed by atoms with van der Waals surface area (Å²) in [6.45, 7) is 1.83. The molecule has 1 heterocycles. The second-order valence-corrected chi connectivity index (χ2v) is 3.96. The molecular formula is C13H14N2O4. The summed E-state index contributed by atoms with van der Waals surface area (Å²) in [5, 5.41) is 9.46. The van der Waals surface area contributed by atoms with Gasteiger partial charge in [0.05, 0.1) is 14.2 Å². The Balaban J connectivity index is 2.81. The Bertz CT molecular complexity index is 640. The van der Waals surface area contributed by atoms with Gasteiger partial charge in [0.2, 0.25) is 0 Å². The Kier molecular flexibility index (Phi) is 3.52. The summed E-state index contributed by atoms with van der Waals surface area (Å²) < 4.78 is 10.5. The molecule has 0 aliphatic heterocycles. The van der Waals surface area contributed by atoms with E-state index in [2.05, 4.69) is 4.98 Å². The number of methoxy groups -OCH3 is 2. The minimum atomic E-state index is -0.671. The normalized spacial score (nSPS) is 10.3. The van der Waals surface area contributed by atoms with Crippen molar-refractivity contribution in [3.63, 3.8) is 0 Å². The lowest BCUT2D eigenvalue weighted by Gasteiger charge is -2.12. The molecule has 6 heteroatoms.